The third kappa shape index (κ3) is 5.15. The molecule has 3 amide bonds. The Kier molecular flexibility index (Phi) is 5.28. The van der Waals surface area contributed by atoms with Gasteiger partial charge in [-0.15, -0.1) is 0 Å². The topological polar surface area (TPSA) is 103 Å². The molecule has 1 unspecified atom stereocenters. The largest absolute Gasteiger partial charge is 0.485 e. The molecule has 0 fully saturated rings. The molecule has 1 atom stereocenters. The molecule has 0 aliphatic carbocycles. The fourth-order valence-electron chi connectivity index (χ4n) is 1.90. The standard InChI is InChI=1S/C16H20N2O6/c1-16(2,3)18-15(21)17-13(19)9-23-14(20)12-8-22-10-6-4-5-7-11(10)24-12/h4-7,12H,8-9H2,1-3H3,(H2,17,18,19,21). The number of rotatable bonds is 3. The van der Waals surface area contributed by atoms with Crippen molar-refractivity contribution in [1.82, 2.24) is 10.6 Å². The van der Waals surface area contributed by atoms with Gasteiger partial charge in [0.1, 0.15) is 6.61 Å². The Hall–Kier alpha value is -2.77. The average Bonchev–Trinajstić information content (AvgIpc) is 2.50. The second-order valence-corrected chi connectivity index (χ2v) is 6.22. The quantitative estimate of drug-likeness (QED) is 0.798. The first kappa shape index (κ1) is 17.6. The predicted octanol–water partition coefficient (Wildman–Crippen LogP) is 0.994. The highest BCUT2D eigenvalue weighted by molar-refractivity contribution is 5.95. The molecule has 24 heavy (non-hydrogen) atoms. The van der Waals surface area contributed by atoms with E-state index in [0.29, 0.717) is 11.5 Å². The zero-order valence-corrected chi connectivity index (χ0v) is 13.8. The van der Waals surface area contributed by atoms with Crippen molar-refractivity contribution in [2.24, 2.45) is 0 Å². The molecule has 2 N–H and O–H groups in total. The van der Waals surface area contributed by atoms with E-state index in [0.717, 1.165) is 0 Å². The van der Waals surface area contributed by atoms with Crippen LogP contribution in [0.2, 0.25) is 0 Å². The van der Waals surface area contributed by atoms with Gasteiger partial charge in [-0.25, -0.2) is 9.59 Å². The highest BCUT2D eigenvalue weighted by atomic mass is 16.6. The fraction of sp³-hybridized carbons (Fsp3) is 0.438. The number of esters is 1. The van der Waals surface area contributed by atoms with Crippen LogP contribution in [0.25, 0.3) is 0 Å². The highest BCUT2D eigenvalue weighted by Crippen LogP contribution is 2.31. The summed E-state index contributed by atoms with van der Waals surface area (Å²) in [6.45, 7) is 4.72. The molecule has 1 aliphatic heterocycles. The van der Waals surface area contributed by atoms with Crippen LogP contribution >= 0.6 is 0 Å². The van der Waals surface area contributed by atoms with Crippen molar-refractivity contribution < 1.29 is 28.6 Å². The second kappa shape index (κ2) is 7.20. The maximum absolute atomic E-state index is 11.9. The number of amides is 3. The van der Waals surface area contributed by atoms with E-state index < -0.39 is 36.2 Å². The lowest BCUT2D eigenvalue weighted by molar-refractivity contribution is -0.157. The fourth-order valence-corrected chi connectivity index (χ4v) is 1.90. The van der Waals surface area contributed by atoms with Crippen LogP contribution in [0.1, 0.15) is 20.8 Å². The number of hydrogen-bond donors (Lipinski definition) is 2. The lowest BCUT2D eigenvalue weighted by Gasteiger charge is -2.24. The Morgan fingerprint density at radius 3 is 2.54 bits per heavy atom. The summed E-state index contributed by atoms with van der Waals surface area (Å²) in [6, 6.07) is 6.26. The number of carbonyl (C=O) groups is 3. The van der Waals surface area contributed by atoms with Crippen LogP contribution in [0.3, 0.4) is 0 Å². The van der Waals surface area contributed by atoms with E-state index in [-0.39, 0.29) is 6.61 Å². The number of nitrogens with one attached hydrogen (secondary N) is 2. The molecule has 8 nitrogen and oxygen atoms in total. The summed E-state index contributed by atoms with van der Waals surface area (Å²) in [7, 11) is 0. The minimum Gasteiger partial charge on any atom is -0.485 e. The molecule has 8 heteroatoms. The van der Waals surface area contributed by atoms with Gasteiger partial charge >= 0.3 is 12.0 Å². The molecular formula is C16H20N2O6. The van der Waals surface area contributed by atoms with Gasteiger partial charge in [-0.3, -0.25) is 10.1 Å². The Bertz CT molecular complexity index is 638. The summed E-state index contributed by atoms with van der Waals surface area (Å²) in [5.41, 5.74) is -0.484. The summed E-state index contributed by atoms with van der Waals surface area (Å²) in [4.78, 5) is 35.0. The smallest absolute Gasteiger partial charge is 0.351 e. The molecule has 1 aliphatic rings. The minimum atomic E-state index is -0.962. The van der Waals surface area contributed by atoms with Crippen molar-refractivity contribution in [2.45, 2.75) is 32.4 Å². The number of fused-ring (bicyclic) bond motifs is 1. The van der Waals surface area contributed by atoms with Crippen molar-refractivity contribution in [3.05, 3.63) is 24.3 Å². The summed E-state index contributed by atoms with van der Waals surface area (Å²) >= 11 is 0. The van der Waals surface area contributed by atoms with Gasteiger partial charge in [0.15, 0.2) is 18.1 Å². The van der Waals surface area contributed by atoms with Gasteiger partial charge in [0, 0.05) is 5.54 Å². The summed E-state index contributed by atoms with van der Waals surface area (Å²) < 4.78 is 15.7. The molecule has 0 spiro atoms. The van der Waals surface area contributed by atoms with Gasteiger partial charge in [-0.05, 0) is 32.9 Å². The molecule has 0 radical (unpaired) electrons. The van der Waals surface area contributed by atoms with Gasteiger partial charge in [-0.1, -0.05) is 12.1 Å². The monoisotopic (exact) mass is 336 g/mol. The first-order chi connectivity index (χ1) is 11.2. The van der Waals surface area contributed by atoms with Gasteiger partial charge in [0.2, 0.25) is 6.10 Å². The van der Waals surface area contributed by atoms with Crippen LogP contribution in [-0.2, 0) is 14.3 Å². The Labute approximate surface area is 139 Å². The lowest BCUT2D eigenvalue weighted by Crippen LogP contribution is -2.49. The summed E-state index contributed by atoms with van der Waals surface area (Å²) in [6.07, 6.45) is -0.962. The number of benzene rings is 1. The van der Waals surface area contributed by atoms with Crippen LogP contribution in [-0.4, -0.2) is 42.8 Å². The molecule has 0 saturated carbocycles. The first-order valence-electron chi connectivity index (χ1n) is 7.42. The molecular weight excluding hydrogens is 316 g/mol. The Balaban J connectivity index is 1.77. The van der Waals surface area contributed by atoms with E-state index in [1.807, 2.05) is 0 Å². The predicted molar refractivity (Wildman–Crippen MR) is 83.7 cm³/mol. The number of imide groups is 1. The summed E-state index contributed by atoms with van der Waals surface area (Å²) in [5, 5.41) is 4.63. The number of para-hydroxylation sites is 2. The van der Waals surface area contributed by atoms with Crippen molar-refractivity contribution in [3.63, 3.8) is 0 Å². The SMILES string of the molecule is CC(C)(C)NC(=O)NC(=O)COC(=O)C1COc2ccccc2O1. The normalized spacial score (nSPS) is 16.0. The summed E-state index contributed by atoms with van der Waals surface area (Å²) in [5.74, 6) is -0.504. The molecule has 0 bridgehead atoms. The zero-order chi connectivity index (χ0) is 17.7. The van der Waals surface area contributed by atoms with Gasteiger partial charge in [-0.2, -0.15) is 0 Å². The zero-order valence-electron chi connectivity index (χ0n) is 13.8. The van der Waals surface area contributed by atoms with Crippen LogP contribution in [0.4, 0.5) is 4.79 Å². The van der Waals surface area contributed by atoms with E-state index in [1.165, 1.54) is 0 Å². The van der Waals surface area contributed by atoms with Gasteiger partial charge in [0.25, 0.3) is 5.91 Å². The van der Waals surface area contributed by atoms with E-state index in [9.17, 15) is 14.4 Å². The molecule has 1 heterocycles. The number of hydrogen-bond acceptors (Lipinski definition) is 6. The molecule has 1 aromatic rings. The van der Waals surface area contributed by atoms with Crippen LogP contribution in [0.15, 0.2) is 24.3 Å². The van der Waals surface area contributed by atoms with Crippen molar-refractivity contribution in [3.8, 4) is 11.5 Å². The van der Waals surface area contributed by atoms with Crippen molar-refractivity contribution in [1.29, 1.82) is 0 Å². The molecule has 130 valence electrons. The van der Waals surface area contributed by atoms with Crippen LogP contribution in [0.5, 0.6) is 11.5 Å². The number of urea groups is 1. The maximum Gasteiger partial charge on any atom is 0.351 e. The minimum absolute atomic E-state index is 0.0119. The molecule has 1 aromatic carbocycles. The molecule has 0 aromatic heterocycles. The first-order valence-corrected chi connectivity index (χ1v) is 7.42. The van der Waals surface area contributed by atoms with E-state index in [1.54, 1.807) is 45.0 Å². The average molecular weight is 336 g/mol. The van der Waals surface area contributed by atoms with E-state index in [2.05, 4.69) is 10.6 Å². The van der Waals surface area contributed by atoms with E-state index in [4.69, 9.17) is 14.2 Å². The maximum atomic E-state index is 11.9. The van der Waals surface area contributed by atoms with E-state index >= 15 is 0 Å². The van der Waals surface area contributed by atoms with Gasteiger partial charge in [0.05, 0.1) is 0 Å². The number of ether oxygens (including phenoxy) is 3. The van der Waals surface area contributed by atoms with Crippen LogP contribution in [0, 0.1) is 0 Å². The van der Waals surface area contributed by atoms with Gasteiger partial charge < -0.3 is 19.5 Å². The lowest BCUT2D eigenvalue weighted by atomic mass is 10.1. The third-order valence-corrected chi connectivity index (χ3v) is 2.86. The number of carbonyl (C=O) groups excluding carboxylic acids is 3. The molecule has 2 rings (SSSR count). The highest BCUT2D eigenvalue weighted by Gasteiger charge is 2.29. The third-order valence-electron chi connectivity index (χ3n) is 2.86. The van der Waals surface area contributed by atoms with Crippen molar-refractivity contribution >= 4 is 17.9 Å². The van der Waals surface area contributed by atoms with Crippen LogP contribution < -0.4 is 20.1 Å². The molecule has 0 saturated heterocycles. The Morgan fingerprint density at radius 1 is 1.21 bits per heavy atom. The van der Waals surface area contributed by atoms with Crippen molar-refractivity contribution in [2.75, 3.05) is 13.2 Å². The Morgan fingerprint density at radius 2 is 1.88 bits per heavy atom. The second-order valence-electron chi connectivity index (χ2n) is 6.22.